The van der Waals surface area contributed by atoms with Crippen molar-refractivity contribution in [2.45, 2.75) is 46.2 Å². The molecular weight excluding hydrogens is 356 g/mol. The first kappa shape index (κ1) is 22.2. The first-order valence-corrected chi connectivity index (χ1v) is 10.1. The van der Waals surface area contributed by atoms with E-state index in [0.717, 1.165) is 32.7 Å². The molecule has 156 valence electrons. The van der Waals surface area contributed by atoms with Crippen LogP contribution < -0.4 is 16.0 Å². The quantitative estimate of drug-likeness (QED) is 0.637. The number of ether oxygens (including phenoxy) is 1. The Bertz CT molecular complexity index is 642. The lowest BCUT2D eigenvalue weighted by Gasteiger charge is -2.35. The average Bonchev–Trinajstić information content (AvgIpc) is 2.64. The van der Waals surface area contributed by atoms with Crippen molar-refractivity contribution < 1.29 is 14.3 Å². The minimum atomic E-state index is -0.281. The van der Waals surface area contributed by atoms with Crippen LogP contribution in [0.15, 0.2) is 24.3 Å². The number of hydrogen-bond donors (Lipinski definition) is 3. The summed E-state index contributed by atoms with van der Waals surface area (Å²) in [6.45, 7) is 12.1. The third-order valence-corrected chi connectivity index (χ3v) is 4.61. The van der Waals surface area contributed by atoms with Gasteiger partial charge in [-0.15, -0.1) is 0 Å². The number of morpholine rings is 1. The minimum Gasteiger partial charge on any atom is -0.379 e. The van der Waals surface area contributed by atoms with Crippen LogP contribution in [-0.2, 0) is 4.74 Å². The molecule has 0 aromatic heterocycles. The van der Waals surface area contributed by atoms with Crippen molar-refractivity contribution in [3.8, 4) is 0 Å². The fourth-order valence-electron chi connectivity index (χ4n) is 3.33. The number of hydrogen-bond acceptors (Lipinski definition) is 4. The average molecular weight is 391 g/mol. The van der Waals surface area contributed by atoms with Crippen molar-refractivity contribution in [1.82, 2.24) is 15.5 Å². The van der Waals surface area contributed by atoms with Crippen LogP contribution in [0, 0.1) is 5.92 Å². The normalized spacial score (nSPS) is 16.1. The molecule has 7 nitrogen and oxygen atoms in total. The lowest BCUT2D eigenvalue weighted by atomic mass is 10.0. The predicted molar refractivity (Wildman–Crippen MR) is 112 cm³/mol. The van der Waals surface area contributed by atoms with Crippen molar-refractivity contribution >= 4 is 17.6 Å². The van der Waals surface area contributed by atoms with Gasteiger partial charge in [-0.05, 0) is 44.4 Å². The number of urea groups is 1. The largest absolute Gasteiger partial charge is 0.379 e. The smallest absolute Gasteiger partial charge is 0.319 e. The van der Waals surface area contributed by atoms with Crippen LogP contribution in [0.4, 0.5) is 10.5 Å². The Labute approximate surface area is 168 Å². The van der Waals surface area contributed by atoms with Crippen LogP contribution in [0.3, 0.4) is 0 Å². The standard InChI is InChI=1S/C21H34N4O3/c1-15(2)12-19(25-8-10-28-11-9-25)14-22-20(26)17-6-5-7-18(13-17)24-21(27)23-16(3)4/h5-7,13,15-16,19H,8-12,14H2,1-4H3,(H,22,26)(H2,23,24,27). The predicted octanol–water partition coefficient (Wildman–Crippen LogP) is 2.69. The molecule has 0 spiro atoms. The summed E-state index contributed by atoms with van der Waals surface area (Å²) in [4.78, 5) is 26.9. The molecule has 0 aliphatic carbocycles. The van der Waals surface area contributed by atoms with Crippen molar-refractivity contribution in [2.75, 3.05) is 38.2 Å². The zero-order valence-corrected chi connectivity index (χ0v) is 17.5. The van der Waals surface area contributed by atoms with E-state index in [1.807, 2.05) is 13.8 Å². The highest BCUT2D eigenvalue weighted by Crippen LogP contribution is 2.14. The summed E-state index contributed by atoms with van der Waals surface area (Å²) in [5.41, 5.74) is 1.13. The van der Waals surface area contributed by atoms with Crippen LogP contribution in [0.1, 0.15) is 44.5 Å². The third kappa shape index (κ3) is 7.48. The summed E-state index contributed by atoms with van der Waals surface area (Å²) >= 11 is 0. The van der Waals surface area contributed by atoms with Crippen molar-refractivity contribution in [3.05, 3.63) is 29.8 Å². The molecule has 1 atom stereocenters. The zero-order valence-electron chi connectivity index (χ0n) is 17.5. The summed E-state index contributed by atoms with van der Waals surface area (Å²) in [5.74, 6) is 0.423. The molecule has 1 aliphatic heterocycles. The van der Waals surface area contributed by atoms with Gasteiger partial charge in [0.15, 0.2) is 0 Å². The van der Waals surface area contributed by atoms with Gasteiger partial charge >= 0.3 is 6.03 Å². The maximum Gasteiger partial charge on any atom is 0.319 e. The molecule has 1 heterocycles. The molecule has 0 saturated carbocycles. The molecule has 1 aliphatic rings. The Morgan fingerprint density at radius 1 is 1.14 bits per heavy atom. The summed E-state index contributed by atoms with van der Waals surface area (Å²) < 4.78 is 5.45. The van der Waals surface area contributed by atoms with E-state index in [1.165, 1.54) is 0 Å². The van der Waals surface area contributed by atoms with Gasteiger partial charge in [-0.1, -0.05) is 19.9 Å². The Hall–Kier alpha value is -2.12. The van der Waals surface area contributed by atoms with Gasteiger partial charge < -0.3 is 20.7 Å². The summed E-state index contributed by atoms with van der Waals surface area (Å²) in [5, 5.41) is 8.59. The monoisotopic (exact) mass is 390 g/mol. The van der Waals surface area contributed by atoms with E-state index in [9.17, 15) is 9.59 Å². The van der Waals surface area contributed by atoms with Gasteiger partial charge in [-0.25, -0.2) is 4.79 Å². The summed E-state index contributed by atoms with van der Waals surface area (Å²) in [6.07, 6.45) is 1.03. The minimum absolute atomic E-state index is 0.0459. The number of amides is 3. The van der Waals surface area contributed by atoms with Gasteiger partial charge in [0.05, 0.1) is 13.2 Å². The maximum atomic E-state index is 12.7. The van der Waals surface area contributed by atoms with Crippen LogP contribution >= 0.6 is 0 Å². The summed E-state index contributed by atoms with van der Waals surface area (Å²) in [6, 6.07) is 7.06. The maximum absolute atomic E-state index is 12.7. The third-order valence-electron chi connectivity index (χ3n) is 4.61. The fourth-order valence-corrected chi connectivity index (χ4v) is 3.33. The van der Waals surface area contributed by atoms with Crippen LogP contribution in [0.25, 0.3) is 0 Å². The SMILES string of the molecule is CC(C)CC(CNC(=O)c1cccc(NC(=O)NC(C)C)c1)N1CCOCC1. The van der Waals surface area contributed by atoms with Gasteiger partial charge in [0, 0.05) is 43.0 Å². The number of benzene rings is 1. The van der Waals surface area contributed by atoms with Gasteiger partial charge in [-0.2, -0.15) is 0 Å². The number of anilines is 1. The van der Waals surface area contributed by atoms with Crippen molar-refractivity contribution in [3.63, 3.8) is 0 Å². The van der Waals surface area contributed by atoms with Crippen molar-refractivity contribution in [1.29, 1.82) is 0 Å². The van der Waals surface area contributed by atoms with Gasteiger partial charge in [0.25, 0.3) is 5.91 Å². The second-order valence-electron chi connectivity index (χ2n) is 7.98. The van der Waals surface area contributed by atoms with E-state index in [1.54, 1.807) is 24.3 Å². The first-order chi connectivity index (χ1) is 13.3. The zero-order chi connectivity index (χ0) is 20.5. The van der Waals surface area contributed by atoms with Crippen LogP contribution in [0.5, 0.6) is 0 Å². The van der Waals surface area contributed by atoms with Crippen LogP contribution in [0.2, 0.25) is 0 Å². The molecule has 0 bridgehead atoms. The fraction of sp³-hybridized carbons (Fsp3) is 0.619. The molecule has 3 amide bonds. The van der Waals surface area contributed by atoms with E-state index in [0.29, 0.717) is 29.8 Å². The van der Waals surface area contributed by atoms with Crippen LogP contribution in [-0.4, -0.2) is 61.8 Å². The van der Waals surface area contributed by atoms with Crippen molar-refractivity contribution in [2.24, 2.45) is 5.92 Å². The Morgan fingerprint density at radius 2 is 1.86 bits per heavy atom. The Balaban J connectivity index is 1.94. The number of nitrogens with one attached hydrogen (secondary N) is 3. The molecule has 2 rings (SSSR count). The van der Waals surface area contributed by atoms with E-state index in [-0.39, 0.29) is 18.0 Å². The number of nitrogens with zero attached hydrogens (tertiary/aromatic N) is 1. The topological polar surface area (TPSA) is 82.7 Å². The Kier molecular flexibility index (Phi) is 8.73. The molecule has 0 radical (unpaired) electrons. The highest BCUT2D eigenvalue weighted by molar-refractivity contribution is 5.96. The highest BCUT2D eigenvalue weighted by atomic mass is 16.5. The molecular formula is C21H34N4O3. The number of rotatable bonds is 8. The lowest BCUT2D eigenvalue weighted by Crippen LogP contribution is -2.49. The second-order valence-corrected chi connectivity index (χ2v) is 7.98. The lowest BCUT2D eigenvalue weighted by molar-refractivity contribution is 0.0124. The van der Waals surface area contributed by atoms with E-state index in [4.69, 9.17) is 4.74 Å². The van der Waals surface area contributed by atoms with Gasteiger partial charge in [0.1, 0.15) is 0 Å². The highest BCUT2D eigenvalue weighted by Gasteiger charge is 2.22. The molecule has 28 heavy (non-hydrogen) atoms. The van der Waals surface area contributed by atoms with E-state index >= 15 is 0 Å². The van der Waals surface area contributed by atoms with E-state index in [2.05, 4.69) is 34.7 Å². The molecule has 1 fully saturated rings. The molecule has 1 aromatic rings. The first-order valence-electron chi connectivity index (χ1n) is 10.1. The Morgan fingerprint density at radius 3 is 2.50 bits per heavy atom. The molecule has 7 heteroatoms. The number of carbonyl (C=O) groups is 2. The van der Waals surface area contributed by atoms with Gasteiger partial charge in [0.2, 0.25) is 0 Å². The van der Waals surface area contributed by atoms with E-state index < -0.39 is 0 Å². The van der Waals surface area contributed by atoms with Gasteiger partial charge in [-0.3, -0.25) is 9.69 Å². The summed E-state index contributed by atoms with van der Waals surface area (Å²) in [7, 11) is 0. The number of carbonyl (C=O) groups excluding carboxylic acids is 2. The molecule has 3 N–H and O–H groups in total. The molecule has 1 unspecified atom stereocenters. The second kappa shape index (κ2) is 11.0. The molecule has 1 aromatic carbocycles. The molecule has 1 saturated heterocycles.